The molecule has 2 amide bonds. The summed E-state index contributed by atoms with van der Waals surface area (Å²) in [5.74, 6) is 0.177. The normalized spacial score (nSPS) is 14.8. The Hall–Kier alpha value is -1.58. The molecule has 2 rings (SSSR count). The maximum atomic E-state index is 12.0. The van der Waals surface area contributed by atoms with Crippen LogP contribution in [0.25, 0.3) is 0 Å². The lowest BCUT2D eigenvalue weighted by molar-refractivity contribution is -0.127. The number of rotatable bonds is 10. The van der Waals surface area contributed by atoms with Crippen LogP contribution in [0.5, 0.6) is 5.75 Å². The summed E-state index contributed by atoms with van der Waals surface area (Å²) >= 11 is 0. The van der Waals surface area contributed by atoms with Gasteiger partial charge in [0.25, 0.3) is 0 Å². The van der Waals surface area contributed by atoms with E-state index in [1.165, 1.54) is 0 Å². The molecule has 1 fully saturated rings. The SMILES string of the molecule is CC(C)[C@H](N)C(=O)NCC(=O)NCc1ccccc1OCCN1CCOCC1.Cl.Cl. The lowest BCUT2D eigenvalue weighted by Gasteiger charge is -2.26. The minimum absolute atomic E-state index is 0. The molecule has 0 aliphatic carbocycles. The van der Waals surface area contributed by atoms with Crippen molar-refractivity contribution < 1.29 is 19.1 Å². The molecular weight excluding hydrogens is 431 g/mol. The van der Waals surface area contributed by atoms with Crippen molar-refractivity contribution in [2.75, 3.05) is 46.0 Å². The van der Waals surface area contributed by atoms with Crippen molar-refractivity contribution in [3.63, 3.8) is 0 Å². The summed E-state index contributed by atoms with van der Waals surface area (Å²) in [5, 5.41) is 5.36. The van der Waals surface area contributed by atoms with E-state index in [1.807, 2.05) is 38.1 Å². The zero-order chi connectivity index (χ0) is 20.4. The molecule has 10 heteroatoms. The molecule has 30 heavy (non-hydrogen) atoms. The van der Waals surface area contributed by atoms with Gasteiger partial charge >= 0.3 is 0 Å². The molecule has 0 aromatic heterocycles. The predicted molar refractivity (Wildman–Crippen MR) is 121 cm³/mol. The second-order valence-corrected chi connectivity index (χ2v) is 7.17. The van der Waals surface area contributed by atoms with Gasteiger partial charge in [0.2, 0.25) is 11.8 Å². The summed E-state index contributed by atoms with van der Waals surface area (Å²) in [6, 6.07) is 7.00. The van der Waals surface area contributed by atoms with Crippen LogP contribution in [-0.4, -0.2) is 68.8 Å². The average molecular weight is 465 g/mol. The molecule has 1 atom stereocenters. The van der Waals surface area contributed by atoms with Gasteiger partial charge in [-0.3, -0.25) is 14.5 Å². The fraction of sp³-hybridized carbons (Fsp3) is 0.600. The van der Waals surface area contributed by atoms with Crippen LogP contribution in [0, 0.1) is 5.92 Å². The number of hydrogen-bond acceptors (Lipinski definition) is 6. The molecule has 0 unspecified atom stereocenters. The first-order valence-electron chi connectivity index (χ1n) is 9.78. The minimum Gasteiger partial charge on any atom is -0.492 e. The molecule has 1 aliphatic rings. The zero-order valence-electron chi connectivity index (χ0n) is 17.6. The summed E-state index contributed by atoms with van der Waals surface area (Å²) in [4.78, 5) is 26.1. The number of para-hydroxylation sites is 1. The van der Waals surface area contributed by atoms with Gasteiger partial charge < -0.3 is 25.8 Å². The largest absolute Gasteiger partial charge is 0.492 e. The second kappa shape index (κ2) is 15.3. The molecule has 8 nitrogen and oxygen atoms in total. The molecule has 1 heterocycles. The number of amides is 2. The Balaban J connectivity index is 0.00000420. The van der Waals surface area contributed by atoms with Crippen LogP contribution >= 0.6 is 24.8 Å². The Morgan fingerprint density at radius 3 is 2.50 bits per heavy atom. The molecule has 172 valence electrons. The van der Waals surface area contributed by atoms with Crippen LogP contribution in [0.4, 0.5) is 0 Å². The van der Waals surface area contributed by atoms with Crippen LogP contribution < -0.4 is 21.1 Å². The second-order valence-electron chi connectivity index (χ2n) is 7.17. The van der Waals surface area contributed by atoms with Crippen LogP contribution in [0.15, 0.2) is 24.3 Å². The average Bonchev–Trinajstić information content (AvgIpc) is 2.71. The first kappa shape index (κ1) is 28.4. The third kappa shape index (κ3) is 9.95. The molecule has 0 saturated carbocycles. The Kier molecular flexibility index (Phi) is 14.5. The smallest absolute Gasteiger partial charge is 0.239 e. The molecule has 1 aromatic rings. The van der Waals surface area contributed by atoms with E-state index >= 15 is 0 Å². The number of nitrogens with two attached hydrogens (primary N) is 1. The van der Waals surface area contributed by atoms with Gasteiger partial charge in [-0.2, -0.15) is 0 Å². The number of morpholine rings is 1. The summed E-state index contributed by atoms with van der Waals surface area (Å²) in [5.41, 5.74) is 6.65. The van der Waals surface area contributed by atoms with Crippen molar-refractivity contribution in [1.82, 2.24) is 15.5 Å². The van der Waals surface area contributed by atoms with Crippen molar-refractivity contribution in [3.05, 3.63) is 29.8 Å². The van der Waals surface area contributed by atoms with E-state index in [4.69, 9.17) is 15.2 Å². The van der Waals surface area contributed by atoms with Crippen molar-refractivity contribution in [2.24, 2.45) is 11.7 Å². The number of carbonyl (C=O) groups excluding carboxylic acids is 2. The molecule has 1 aromatic carbocycles. The van der Waals surface area contributed by atoms with Crippen LogP contribution in [-0.2, 0) is 20.9 Å². The molecule has 1 saturated heterocycles. The van der Waals surface area contributed by atoms with E-state index < -0.39 is 6.04 Å². The van der Waals surface area contributed by atoms with E-state index in [-0.39, 0.29) is 49.1 Å². The first-order valence-corrected chi connectivity index (χ1v) is 9.78. The van der Waals surface area contributed by atoms with Gasteiger partial charge in [0.05, 0.1) is 25.8 Å². The number of carbonyl (C=O) groups is 2. The molecule has 0 bridgehead atoms. The van der Waals surface area contributed by atoms with Crippen LogP contribution in [0.2, 0.25) is 0 Å². The predicted octanol–water partition coefficient (Wildman–Crippen LogP) is 0.957. The van der Waals surface area contributed by atoms with Gasteiger partial charge in [-0.25, -0.2) is 0 Å². The maximum absolute atomic E-state index is 12.0. The molecular formula is C20H34Cl2N4O4. The van der Waals surface area contributed by atoms with Gasteiger partial charge in [-0.1, -0.05) is 32.0 Å². The maximum Gasteiger partial charge on any atom is 0.239 e. The zero-order valence-corrected chi connectivity index (χ0v) is 19.2. The van der Waals surface area contributed by atoms with Crippen molar-refractivity contribution in [3.8, 4) is 5.75 Å². The van der Waals surface area contributed by atoms with Gasteiger partial charge in [0.1, 0.15) is 12.4 Å². The fourth-order valence-corrected chi connectivity index (χ4v) is 2.74. The first-order chi connectivity index (χ1) is 13.5. The summed E-state index contributed by atoms with van der Waals surface area (Å²) in [6.07, 6.45) is 0. The van der Waals surface area contributed by atoms with Gasteiger partial charge in [-0.05, 0) is 12.0 Å². The van der Waals surface area contributed by atoms with E-state index in [9.17, 15) is 9.59 Å². The number of ether oxygens (including phenoxy) is 2. The highest BCUT2D eigenvalue weighted by molar-refractivity contribution is 5.87. The van der Waals surface area contributed by atoms with Crippen LogP contribution in [0.3, 0.4) is 0 Å². The van der Waals surface area contributed by atoms with Crippen LogP contribution in [0.1, 0.15) is 19.4 Å². The van der Waals surface area contributed by atoms with E-state index in [0.29, 0.717) is 13.2 Å². The Labute approximate surface area is 191 Å². The van der Waals surface area contributed by atoms with E-state index in [2.05, 4.69) is 15.5 Å². The molecule has 4 N–H and O–H groups in total. The van der Waals surface area contributed by atoms with Crippen molar-refractivity contribution in [2.45, 2.75) is 26.4 Å². The third-order valence-corrected chi connectivity index (χ3v) is 4.66. The van der Waals surface area contributed by atoms with Crippen molar-refractivity contribution >= 4 is 36.6 Å². The van der Waals surface area contributed by atoms with E-state index in [1.54, 1.807) is 0 Å². The molecule has 1 aliphatic heterocycles. The summed E-state index contributed by atoms with van der Waals surface area (Å²) in [7, 11) is 0. The number of nitrogens with zero attached hydrogens (tertiary/aromatic N) is 1. The topological polar surface area (TPSA) is 106 Å². The quantitative estimate of drug-likeness (QED) is 0.476. The van der Waals surface area contributed by atoms with Crippen molar-refractivity contribution in [1.29, 1.82) is 0 Å². The van der Waals surface area contributed by atoms with E-state index in [0.717, 1.165) is 44.2 Å². The fourth-order valence-electron chi connectivity index (χ4n) is 2.74. The monoisotopic (exact) mass is 464 g/mol. The Bertz CT molecular complexity index is 643. The molecule has 0 radical (unpaired) electrons. The Morgan fingerprint density at radius 1 is 1.17 bits per heavy atom. The Morgan fingerprint density at radius 2 is 1.83 bits per heavy atom. The highest BCUT2D eigenvalue weighted by atomic mass is 35.5. The number of benzene rings is 1. The minimum atomic E-state index is -0.617. The molecule has 0 spiro atoms. The number of halogens is 2. The number of hydrogen-bond donors (Lipinski definition) is 3. The van der Waals surface area contributed by atoms with Gasteiger partial charge in [0, 0.05) is 31.7 Å². The lowest BCUT2D eigenvalue weighted by Crippen LogP contribution is -2.47. The lowest BCUT2D eigenvalue weighted by atomic mass is 10.1. The standard InChI is InChI=1S/C20H32N4O4.2ClH/c1-15(2)19(21)20(26)23-14-18(25)22-13-16-5-3-4-6-17(16)28-12-9-24-7-10-27-11-8-24;;/h3-6,15,19H,7-14,21H2,1-2H3,(H,22,25)(H,23,26);2*1H/t19-;;/m0../s1. The summed E-state index contributed by atoms with van der Waals surface area (Å²) < 4.78 is 11.2. The third-order valence-electron chi connectivity index (χ3n) is 4.66. The summed E-state index contributed by atoms with van der Waals surface area (Å²) in [6.45, 7) is 8.75. The highest BCUT2D eigenvalue weighted by Crippen LogP contribution is 2.17. The van der Waals surface area contributed by atoms with Gasteiger partial charge in [-0.15, -0.1) is 24.8 Å². The number of nitrogens with one attached hydrogen (secondary N) is 2. The van der Waals surface area contributed by atoms with Gasteiger partial charge in [0.15, 0.2) is 0 Å². The highest BCUT2D eigenvalue weighted by Gasteiger charge is 2.17.